The number of fused-ring (bicyclic) bond motifs is 2. The quantitative estimate of drug-likeness (QED) is 0.555. The first-order valence-corrected chi connectivity index (χ1v) is 10.1. The Morgan fingerprint density at radius 1 is 1.17 bits per heavy atom. The molecule has 0 amide bonds. The van der Waals surface area contributed by atoms with Crippen LogP contribution in [0.5, 0.6) is 11.5 Å². The molecule has 4 rings (SSSR count). The minimum atomic E-state index is -0.243. The van der Waals surface area contributed by atoms with E-state index in [2.05, 4.69) is 4.90 Å². The number of morpholine rings is 1. The molecular weight excluding hydrogens is 390 g/mol. The van der Waals surface area contributed by atoms with Crippen LogP contribution in [0.4, 0.5) is 0 Å². The Hall–Kier alpha value is -2.84. The number of ketones is 1. The van der Waals surface area contributed by atoms with E-state index in [0.717, 1.165) is 13.1 Å². The number of carbonyl (C=O) groups excluding carboxylic acids is 1. The van der Waals surface area contributed by atoms with Gasteiger partial charge in [-0.2, -0.15) is 0 Å². The molecule has 0 atom stereocenters. The fourth-order valence-electron chi connectivity index (χ4n) is 3.55. The number of ether oxygens (including phenoxy) is 3. The van der Waals surface area contributed by atoms with Crippen molar-refractivity contribution >= 4 is 27.7 Å². The molecular formula is C22H25NO7. The van der Waals surface area contributed by atoms with Gasteiger partial charge in [-0.05, 0) is 13.0 Å². The summed E-state index contributed by atoms with van der Waals surface area (Å²) in [6.07, 6.45) is 2.06. The number of nitrogens with zero attached hydrogens (tertiary/aromatic N) is 1. The third-order valence-electron chi connectivity index (χ3n) is 5.07. The van der Waals surface area contributed by atoms with Crippen LogP contribution in [0.25, 0.3) is 21.9 Å². The molecule has 2 aromatic heterocycles. The van der Waals surface area contributed by atoms with Gasteiger partial charge in [-0.3, -0.25) is 14.5 Å². The second-order valence-corrected chi connectivity index (χ2v) is 7.25. The first-order chi connectivity index (χ1) is 14.6. The molecule has 0 unspecified atom stereocenters. The molecule has 0 N–H and O–H groups in total. The second-order valence-electron chi connectivity index (χ2n) is 7.25. The highest BCUT2D eigenvalue weighted by Gasteiger charge is 2.24. The van der Waals surface area contributed by atoms with Crippen LogP contribution in [0.3, 0.4) is 0 Å². The van der Waals surface area contributed by atoms with Crippen molar-refractivity contribution in [2.45, 2.75) is 20.3 Å². The number of hydrogen-bond acceptors (Lipinski definition) is 8. The van der Waals surface area contributed by atoms with Crippen LogP contribution in [0, 0.1) is 0 Å². The van der Waals surface area contributed by atoms with Crippen molar-refractivity contribution in [1.29, 1.82) is 0 Å². The monoisotopic (exact) mass is 415 g/mol. The molecule has 8 nitrogen and oxygen atoms in total. The molecule has 1 aromatic carbocycles. The Kier molecular flexibility index (Phi) is 6.06. The van der Waals surface area contributed by atoms with Crippen LogP contribution in [-0.2, 0) is 16.0 Å². The highest BCUT2D eigenvalue weighted by atomic mass is 16.5. The molecule has 3 aromatic rings. The number of furan rings is 1. The van der Waals surface area contributed by atoms with Crippen LogP contribution in [0.1, 0.15) is 19.6 Å². The average molecular weight is 415 g/mol. The number of carbonyl (C=O) groups is 1. The Morgan fingerprint density at radius 2 is 1.97 bits per heavy atom. The number of rotatable bonds is 8. The maximum absolute atomic E-state index is 12.9. The minimum Gasteiger partial charge on any atom is -0.485 e. The lowest BCUT2D eigenvalue weighted by Crippen LogP contribution is -2.38. The summed E-state index contributed by atoms with van der Waals surface area (Å²) in [6.45, 7) is 7.43. The maximum atomic E-state index is 12.9. The van der Waals surface area contributed by atoms with Gasteiger partial charge < -0.3 is 23.0 Å². The zero-order valence-corrected chi connectivity index (χ0v) is 17.2. The molecule has 0 saturated carbocycles. The Bertz CT molecular complexity index is 1110. The van der Waals surface area contributed by atoms with Crippen molar-refractivity contribution in [2.75, 3.05) is 46.1 Å². The SMILES string of the molecule is CCc1cc(=O)c2c(OCC(C)=O)c3ccoc3c(OCCN3CCOCC3)c2o1. The fraction of sp³-hybridized carbons (Fsp3) is 0.455. The van der Waals surface area contributed by atoms with Gasteiger partial charge in [-0.15, -0.1) is 0 Å². The Labute approximate surface area is 173 Å². The summed E-state index contributed by atoms with van der Waals surface area (Å²) in [5.41, 5.74) is 0.467. The third-order valence-corrected chi connectivity index (χ3v) is 5.07. The molecule has 1 aliphatic heterocycles. The van der Waals surface area contributed by atoms with E-state index in [0.29, 0.717) is 55.3 Å². The third kappa shape index (κ3) is 4.06. The molecule has 0 radical (unpaired) electrons. The molecule has 1 saturated heterocycles. The van der Waals surface area contributed by atoms with Crippen molar-refractivity contribution < 1.29 is 27.8 Å². The molecule has 0 bridgehead atoms. The van der Waals surface area contributed by atoms with E-state index in [1.165, 1.54) is 19.3 Å². The number of Topliss-reactive ketones (excluding diaryl/α,β-unsaturated/α-hetero) is 1. The van der Waals surface area contributed by atoms with Gasteiger partial charge in [0.25, 0.3) is 0 Å². The van der Waals surface area contributed by atoms with Gasteiger partial charge in [0.1, 0.15) is 30.1 Å². The van der Waals surface area contributed by atoms with Gasteiger partial charge in [-0.25, -0.2) is 0 Å². The van der Waals surface area contributed by atoms with Crippen LogP contribution in [0.15, 0.2) is 32.0 Å². The van der Waals surface area contributed by atoms with Gasteiger partial charge in [0.2, 0.25) is 5.75 Å². The smallest absolute Gasteiger partial charge is 0.206 e. The predicted octanol–water partition coefficient (Wildman–Crippen LogP) is 2.78. The number of aryl methyl sites for hydroxylation is 1. The summed E-state index contributed by atoms with van der Waals surface area (Å²) in [4.78, 5) is 26.7. The van der Waals surface area contributed by atoms with Gasteiger partial charge in [-0.1, -0.05) is 6.92 Å². The molecule has 3 heterocycles. The Balaban J connectivity index is 1.78. The van der Waals surface area contributed by atoms with Crippen molar-refractivity contribution in [1.82, 2.24) is 4.90 Å². The molecule has 0 spiro atoms. The lowest BCUT2D eigenvalue weighted by molar-refractivity contribution is -0.118. The van der Waals surface area contributed by atoms with Crippen molar-refractivity contribution in [3.05, 3.63) is 34.4 Å². The van der Waals surface area contributed by atoms with E-state index < -0.39 is 0 Å². The normalized spacial score (nSPS) is 15.0. The van der Waals surface area contributed by atoms with E-state index in [-0.39, 0.29) is 34.5 Å². The lowest BCUT2D eigenvalue weighted by Gasteiger charge is -2.26. The van der Waals surface area contributed by atoms with Crippen molar-refractivity contribution in [2.24, 2.45) is 0 Å². The van der Waals surface area contributed by atoms with E-state index in [9.17, 15) is 9.59 Å². The summed E-state index contributed by atoms with van der Waals surface area (Å²) in [5.74, 6) is 1.04. The first kappa shape index (κ1) is 20.4. The highest BCUT2D eigenvalue weighted by Crippen LogP contribution is 2.42. The van der Waals surface area contributed by atoms with Gasteiger partial charge in [0.05, 0.1) is 24.9 Å². The topological polar surface area (TPSA) is 91.4 Å². The predicted molar refractivity (Wildman–Crippen MR) is 111 cm³/mol. The summed E-state index contributed by atoms with van der Waals surface area (Å²) in [7, 11) is 0. The highest BCUT2D eigenvalue weighted by molar-refractivity contribution is 6.06. The number of benzene rings is 1. The first-order valence-electron chi connectivity index (χ1n) is 10.1. The lowest BCUT2D eigenvalue weighted by atomic mass is 10.1. The summed E-state index contributed by atoms with van der Waals surface area (Å²) in [5, 5.41) is 0.824. The fourth-order valence-corrected chi connectivity index (χ4v) is 3.55. The van der Waals surface area contributed by atoms with E-state index in [1.807, 2.05) is 6.92 Å². The zero-order chi connectivity index (χ0) is 21.1. The Morgan fingerprint density at radius 3 is 2.70 bits per heavy atom. The zero-order valence-electron chi connectivity index (χ0n) is 17.2. The van der Waals surface area contributed by atoms with E-state index >= 15 is 0 Å². The van der Waals surface area contributed by atoms with E-state index in [1.54, 1.807) is 6.07 Å². The maximum Gasteiger partial charge on any atom is 0.206 e. The standard InChI is InChI=1S/C22H25NO7/c1-3-15-12-17(25)18-19(29-13-14(2)24)16-4-8-27-20(16)22(21(18)30-15)28-11-7-23-5-9-26-10-6-23/h4,8,12H,3,5-7,9-11,13H2,1-2H3. The van der Waals surface area contributed by atoms with Crippen molar-refractivity contribution in [3.63, 3.8) is 0 Å². The second kappa shape index (κ2) is 8.89. The van der Waals surface area contributed by atoms with Crippen LogP contribution < -0.4 is 14.9 Å². The minimum absolute atomic E-state index is 0.151. The molecule has 1 aliphatic rings. The summed E-state index contributed by atoms with van der Waals surface area (Å²) in [6, 6.07) is 3.15. The molecule has 30 heavy (non-hydrogen) atoms. The van der Waals surface area contributed by atoms with E-state index in [4.69, 9.17) is 23.0 Å². The molecule has 0 aliphatic carbocycles. The molecule has 8 heteroatoms. The summed E-state index contributed by atoms with van der Waals surface area (Å²) < 4.78 is 28.9. The number of hydrogen-bond donors (Lipinski definition) is 0. The van der Waals surface area contributed by atoms with Crippen LogP contribution >= 0.6 is 0 Å². The van der Waals surface area contributed by atoms with Gasteiger partial charge >= 0.3 is 0 Å². The molecule has 160 valence electrons. The molecule has 1 fully saturated rings. The van der Waals surface area contributed by atoms with Gasteiger partial charge in [0.15, 0.2) is 22.4 Å². The largest absolute Gasteiger partial charge is 0.485 e. The van der Waals surface area contributed by atoms with Crippen LogP contribution in [0.2, 0.25) is 0 Å². The van der Waals surface area contributed by atoms with Crippen LogP contribution in [-0.4, -0.2) is 56.7 Å². The van der Waals surface area contributed by atoms with Gasteiger partial charge in [0, 0.05) is 32.1 Å². The average Bonchev–Trinajstić information content (AvgIpc) is 3.23. The van der Waals surface area contributed by atoms with Crippen molar-refractivity contribution in [3.8, 4) is 11.5 Å². The summed E-state index contributed by atoms with van der Waals surface area (Å²) >= 11 is 0.